The van der Waals surface area contributed by atoms with Crippen molar-refractivity contribution in [2.75, 3.05) is 0 Å². The first-order valence-electron chi connectivity index (χ1n) is 6.82. The number of hydrogen-bond acceptors (Lipinski definition) is 1. The molecule has 0 bridgehead atoms. The minimum Gasteiger partial charge on any atom is -0.352 e. The highest BCUT2D eigenvalue weighted by molar-refractivity contribution is 6.31. The number of rotatable bonds is 4. The van der Waals surface area contributed by atoms with E-state index in [9.17, 15) is 4.79 Å². The van der Waals surface area contributed by atoms with Crippen LogP contribution in [0, 0.1) is 5.92 Å². The fourth-order valence-electron chi connectivity index (χ4n) is 2.51. The summed E-state index contributed by atoms with van der Waals surface area (Å²) in [5, 5.41) is 3.68. The summed E-state index contributed by atoms with van der Waals surface area (Å²) < 4.78 is 0. The Bertz CT molecular complexity index is 611. The third-order valence-electron chi connectivity index (χ3n) is 3.77. The normalized spacial score (nSPS) is 20.4. The van der Waals surface area contributed by atoms with Crippen LogP contribution in [0.15, 0.2) is 54.6 Å². The van der Waals surface area contributed by atoms with Gasteiger partial charge in [0, 0.05) is 17.5 Å². The predicted molar refractivity (Wildman–Crippen MR) is 80.6 cm³/mol. The van der Waals surface area contributed by atoms with Gasteiger partial charge < -0.3 is 5.32 Å². The Kier molecular flexibility index (Phi) is 3.75. The molecule has 2 nitrogen and oxygen atoms in total. The van der Waals surface area contributed by atoms with Gasteiger partial charge in [-0.1, -0.05) is 60.1 Å². The monoisotopic (exact) mass is 285 g/mol. The van der Waals surface area contributed by atoms with E-state index in [0.29, 0.717) is 17.5 Å². The average molecular weight is 286 g/mol. The second kappa shape index (κ2) is 5.68. The number of benzene rings is 2. The van der Waals surface area contributed by atoms with Crippen LogP contribution in [0.2, 0.25) is 5.02 Å². The van der Waals surface area contributed by atoms with Crippen molar-refractivity contribution in [3.63, 3.8) is 0 Å². The van der Waals surface area contributed by atoms with Crippen molar-refractivity contribution in [3.8, 4) is 0 Å². The standard InChI is InChI=1S/C17H16ClNO/c18-16-9-5-4-8-13(16)11-19-17(20)15-10-14(15)12-6-2-1-3-7-12/h1-9,14-15H,10-11H2,(H,19,20). The summed E-state index contributed by atoms with van der Waals surface area (Å²) in [5.41, 5.74) is 2.21. The Morgan fingerprint density at radius 1 is 1.10 bits per heavy atom. The van der Waals surface area contributed by atoms with Gasteiger partial charge in [-0.2, -0.15) is 0 Å². The Labute approximate surface area is 123 Å². The SMILES string of the molecule is O=C(NCc1ccccc1Cl)C1CC1c1ccccc1. The minimum absolute atomic E-state index is 0.111. The summed E-state index contributed by atoms with van der Waals surface area (Å²) in [5.74, 6) is 0.612. The first-order valence-corrected chi connectivity index (χ1v) is 7.19. The first-order chi connectivity index (χ1) is 9.75. The maximum absolute atomic E-state index is 12.1. The smallest absolute Gasteiger partial charge is 0.224 e. The van der Waals surface area contributed by atoms with Crippen LogP contribution >= 0.6 is 11.6 Å². The van der Waals surface area contributed by atoms with Gasteiger partial charge in [0.15, 0.2) is 0 Å². The van der Waals surface area contributed by atoms with E-state index in [0.717, 1.165) is 12.0 Å². The minimum atomic E-state index is 0.111. The number of amides is 1. The summed E-state index contributed by atoms with van der Waals surface area (Å²) in [6.45, 7) is 0.497. The van der Waals surface area contributed by atoms with E-state index >= 15 is 0 Å². The zero-order valence-electron chi connectivity index (χ0n) is 11.1. The molecule has 0 saturated heterocycles. The van der Waals surface area contributed by atoms with Gasteiger partial charge in [-0.15, -0.1) is 0 Å². The Morgan fingerprint density at radius 3 is 2.55 bits per heavy atom. The number of nitrogens with one attached hydrogen (secondary N) is 1. The molecule has 1 N–H and O–H groups in total. The van der Waals surface area contributed by atoms with Crippen LogP contribution in [-0.2, 0) is 11.3 Å². The molecular formula is C17H16ClNO. The van der Waals surface area contributed by atoms with Crippen molar-refractivity contribution in [1.29, 1.82) is 0 Å². The largest absolute Gasteiger partial charge is 0.352 e. The number of carbonyl (C=O) groups is 1. The molecule has 2 aromatic rings. The zero-order chi connectivity index (χ0) is 13.9. The van der Waals surface area contributed by atoms with Gasteiger partial charge in [-0.05, 0) is 29.5 Å². The van der Waals surface area contributed by atoms with E-state index in [2.05, 4.69) is 17.4 Å². The lowest BCUT2D eigenvalue weighted by atomic mass is 10.1. The van der Waals surface area contributed by atoms with E-state index < -0.39 is 0 Å². The zero-order valence-corrected chi connectivity index (χ0v) is 11.8. The van der Waals surface area contributed by atoms with E-state index in [4.69, 9.17) is 11.6 Å². The van der Waals surface area contributed by atoms with E-state index in [-0.39, 0.29) is 11.8 Å². The van der Waals surface area contributed by atoms with Crippen molar-refractivity contribution in [1.82, 2.24) is 5.32 Å². The molecule has 1 aliphatic rings. The third kappa shape index (κ3) is 2.86. The number of hydrogen-bond donors (Lipinski definition) is 1. The molecule has 102 valence electrons. The van der Waals surface area contributed by atoms with Crippen molar-refractivity contribution in [3.05, 3.63) is 70.7 Å². The lowest BCUT2D eigenvalue weighted by Crippen LogP contribution is -2.25. The lowest BCUT2D eigenvalue weighted by Gasteiger charge is -2.06. The van der Waals surface area contributed by atoms with Gasteiger partial charge in [0.25, 0.3) is 0 Å². The van der Waals surface area contributed by atoms with Gasteiger partial charge in [-0.3, -0.25) is 4.79 Å². The van der Waals surface area contributed by atoms with Crippen molar-refractivity contribution >= 4 is 17.5 Å². The maximum Gasteiger partial charge on any atom is 0.224 e. The van der Waals surface area contributed by atoms with E-state index in [1.54, 1.807) is 0 Å². The fraction of sp³-hybridized carbons (Fsp3) is 0.235. The quantitative estimate of drug-likeness (QED) is 0.910. The molecule has 2 aromatic carbocycles. The van der Waals surface area contributed by atoms with Crippen molar-refractivity contribution in [2.45, 2.75) is 18.9 Å². The summed E-state index contributed by atoms with van der Waals surface area (Å²) in [6.07, 6.45) is 0.943. The molecule has 0 heterocycles. The van der Waals surface area contributed by atoms with Crippen LogP contribution in [0.1, 0.15) is 23.5 Å². The summed E-state index contributed by atoms with van der Waals surface area (Å²) in [7, 11) is 0. The highest BCUT2D eigenvalue weighted by Crippen LogP contribution is 2.47. The molecule has 1 fully saturated rings. The second-order valence-electron chi connectivity index (χ2n) is 5.17. The fourth-order valence-corrected chi connectivity index (χ4v) is 2.71. The highest BCUT2D eigenvalue weighted by Gasteiger charge is 2.43. The molecule has 0 radical (unpaired) electrons. The van der Waals surface area contributed by atoms with Crippen LogP contribution in [0.4, 0.5) is 0 Å². The van der Waals surface area contributed by atoms with Gasteiger partial charge in [-0.25, -0.2) is 0 Å². The Morgan fingerprint density at radius 2 is 1.80 bits per heavy atom. The van der Waals surface area contributed by atoms with Gasteiger partial charge >= 0.3 is 0 Å². The topological polar surface area (TPSA) is 29.1 Å². The maximum atomic E-state index is 12.1. The van der Waals surface area contributed by atoms with E-state index in [1.807, 2.05) is 42.5 Å². The van der Waals surface area contributed by atoms with Gasteiger partial charge in [0.1, 0.15) is 0 Å². The van der Waals surface area contributed by atoms with Crippen LogP contribution in [0.3, 0.4) is 0 Å². The summed E-state index contributed by atoms with van der Waals surface area (Å²) >= 11 is 6.08. The molecule has 20 heavy (non-hydrogen) atoms. The third-order valence-corrected chi connectivity index (χ3v) is 4.13. The molecule has 1 aliphatic carbocycles. The molecule has 3 heteroatoms. The number of halogens is 1. The molecule has 0 aromatic heterocycles. The van der Waals surface area contributed by atoms with Crippen LogP contribution < -0.4 is 5.32 Å². The first kappa shape index (κ1) is 13.2. The molecule has 2 atom stereocenters. The van der Waals surface area contributed by atoms with Crippen molar-refractivity contribution < 1.29 is 4.79 Å². The van der Waals surface area contributed by atoms with E-state index in [1.165, 1.54) is 5.56 Å². The van der Waals surface area contributed by atoms with Crippen LogP contribution in [-0.4, -0.2) is 5.91 Å². The van der Waals surface area contributed by atoms with Crippen LogP contribution in [0.5, 0.6) is 0 Å². The molecule has 0 aliphatic heterocycles. The van der Waals surface area contributed by atoms with Gasteiger partial charge in [0.2, 0.25) is 5.91 Å². The summed E-state index contributed by atoms with van der Waals surface area (Å²) in [6, 6.07) is 17.8. The Balaban J connectivity index is 1.56. The molecule has 0 spiro atoms. The Hall–Kier alpha value is -1.80. The number of carbonyl (C=O) groups excluding carboxylic acids is 1. The lowest BCUT2D eigenvalue weighted by molar-refractivity contribution is -0.122. The second-order valence-corrected chi connectivity index (χ2v) is 5.58. The molecule has 1 amide bonds. The molecule has 1 saturated carbocycles. The van der Waals surface area contributed by atoms with Crippen LogP contribution in [0.25, 0.3) is 0 Å². The molecular weight excluding hydrogens is 270 g/mol. The predicted octanol–water partition coefficient (Wildman–Crippen LogP) is 3.76. The van der Waals surface area contributed by atoms with Gasteiger partial charge in [0.05, 0.1) is 0 Å². The van der Waals surface area contributed by atoms with Crippen molar-refractivity contribution in [2.24, 2.45) is 5.92 Å². The summed E-state index contributed by atoms with van der Waals surface area (Å²) in [4.78, 5) is 12.1. The average Bonchev–Trinajstić information content (AvgIpc) is 3.28. The highest BCUT2D eigenvalue weighted by atomic mass is 35.5. The molecule has 3 rings (SSSR count). The molecule has 2 unspecified atom stereocenters.